The maximum absolute atomic E-state index is 13.9. The number of nitrogen functional groups attached to an aromatic ring is 1. The average molecular weight is 706 g/mol. The largest absolute Gasteiger partial charge is 0.493 e. The Morgan fingerprint density at radius 2 is 1.40 bits per heavy atom. The van der Waals surface area contributed by atoms with E-state index < -0.39 is 0 Å². The zero-order valence-corrected chi connectivity index (χ0v) is 29.8. The van der Waals surface area contributed by atoms with Gasteiger partial charge in [-0.1, -0.05) is 36.4 Å². The lowest BCUT2D eigenvalue weighted by Gasteiger charge is -2.25. The van der Waals surface area contributed by atoms with E-state index in [1.165, 1.54) is 5.56 Å². The lowest BCUT2D eigenvalue weighted by atomic mass is 10.1. The molecule has 5 aromatic rings. The molecule has 9 rings (SSSR count). The first-order valence-corrected chi connectivity index (χ1v) is 17.8. The van der Waals surface area contributed by atoms with Crippen molar-refractivity contribution in [1.82, 2.24) is 0 Å². The van der Waals surface area contributed by atoms with Crippen molar-refractivity contribution < 1.29 is 23.8 Å². The summed E-state index contributed by atoms with van der Waals surface area (Å²) in [6.45, 7) is 3.17. The van der Waals surface area contributed by atoms with E-state index in [4.69, 9.17) is 24.9 Å². The number of benzene rings is 5. The van der Waals surface area contributed by atoms with Crippen LogP contribution in [0.3, 0.4) is 0 Å². The van der Waals surface area contributed by atoms with Crippen molar-refractivity contribution in [2.75, 3.05) is 41.1 Å². The van der Waals surface area contributed by atoms with Crippen LogP contribution in [-0.2, 0) is 26.1 Å². The number of para-hydroxylation sites is 2. The number of amides is 2. The maximum atomic E-state index is 13.9. The second-order valence-corrected chi connectivity index (χ2v) is 14.2. The van der Waals surface area contributed by atoms with Gasteiger partial charge in [0.2, 0.25) is 0 Å². The number of likely N-dealkylation sites (N-methyl/N-ethyl adjacent to an activating group) is 1. The van der Waals surface area contributed by atoms with Crippen LogP contribution >= 0.6 is 0 Å². The highest BCUT2D eigenvalue weighted by Gasteiger charge is 2.39. The summed E-state index contributed by atoms with van der Waals surface area (Å²) < 4.78 is 18.4. The molecule has 0 radical (unpaired) electrons. The van der Waals surface area contributed by atoms with Crippen LogP contribution in [0.15, 0.2) is 96.0 Å². The molecule has 5 aromatic carbocycles. The van der Waals surface area contributed by atoms with Gasteiger partial charge in [0.1, 0.15) is 19.0 Å². The van der Waals surface area contributed by atoms with Crippen molar-refractivity contribution >= 4 is 46.5 Å². The van der Waals surface area contributed by atoms with E-state index in [2.05, 4.69) is 17.0 Å². The lowest BCUT2D eigenvalue weighted by molar-refractivity contribution is 0.0977. The van der Waals surface area contributed by atoms with Crippen LogP contribution in [0.4, 0.5) is 28.4 Å². The summed E-state index contributed by atoms with van der Waals surface area (Å²) in [4.78, 5) is 38.4. The van der Waals surface area contributed by atoms with E-state index in [-0.39, 0.29) is 37.1 Å². The fourth-order valence-corrected chi connectivity index (χ4v) is 8.21. The number of carbonyl (C=O) groups is 2. The number of nitrogens with two attached hydrogens (primary N) is 1. The summed E-state index contributed by atoms with van der Waals surface area (Å²) in [6, 6.07) is 29.2. The highest BCUT2D eigenvalue weighted by Crippen LogP contribution is 2.42. The molecule has 4 aliphatic heterocycles. The molecule has 0 unspecified atom stereocenters. The molecule has 10 nitrogen and oxygen atoms in total. The SMILES string of the molecule is COc1cc2c(cc1OCc1cc(N)cc(COc3cc4c(cc3C)C(=O)N3c5ccccc5C[C@H]3CN4C)c1)N=C[C@@H]1Cc3ccccc3N1C2=O. The molecule has 4 heterocycles. The van der Waals surface area contributed by atoms with Crippen molar-refractivity contribution in [2.45, 2.75) is 45.1 Å². The summed E-state index contributed by atoms with van der Waals surface area (Å²) in [5.74, 6) is 1.52. The third-order valence-electron chi connectivity index (χ3n) is 10.7. The van der Waals surface area contributed by atoms with Gasteiger partial charge in [-0.15, -0.1) is 0 Å². The molecule has 10 heteroatoms. The molecule has 0 spiro atoms. The van der Waals surface area contributed by atoms with Gasteiger partial charge in [0.25, 0.3) is 11.8 Å². The highest BCUT2D eigenvalue weighted by molar-refractivity contribution is 6.15. The smallest absolute Gasteiger partial charge is 0.261 e. The monoisotopic (exact) mass is 705 g/mol. The predicted octanol–water partition coefficient (Wildman–Crippen LogP) is 7.05. The number of rotatable bonds is 7. The van der Waals surface area contributed by atoms with Crippen LogP contribution in [0, 0.1) is 6.92 Å². The van der Waals surface area contributed by atoms with Crippen molar-refractivity contribution in [2.24, 2.45) is 4.99 Å². The quantitative estimate of drug-likeness (QED) is 0.181. The number of aliphatic imine (C=N–C) groups is 1. The van der Waals surface area contributed by atoms with Crippen molar-refractivity contribution in [3.05, 3.63) is 130 Å². The van der Waals surface area contributed by atoms with Gasteiger partial charge < -0.3 is 29.7 Å². The van der Waals surface area contributed by atoms with Crippen molar-refractivity contribution in [3.8, 4) is 17.2 Å². The Morgan fingerprint density at radius 3 is 2.13 bits per heavy atom. The molecule has 0 aliphatic carbocycles. The van der Waals surface area contributed by atoms with E-state index in [9.17, 15) is 9.59 Å². The number of aryl methyl sites for hydroxylation is 1. The molecule has 0 fully saturated rings. The molecule has 2 amide bonds. The van der Waals surface area contributed by atoms with Crippen molar-refractivity contribution in [3.63, 3.8) is 0 Å². The lowest BCUT2D eigenvalue weighted by Crippen LogP contribution is -2.41. The minimum absolute atomic E-state index is 0.0186. The van der Waals surface area contributed by atoms with E-state index in [0.29, 0.717) is 39.8 Å². The summed E-state index contributed by atoms with van der Waals surface area (Å²) >= 11 is 0. The third kappa shape index (κ3) is 5.62. The van der Waals surface area contributed by atoms with Crippen LogP contribution in [0.5, 0.6) is 17.2 Å². The molecule has 266 valence electrons. The number of methoxy groups -OCH3 is 1. The molecular formula is C43H39N5O5. The number of carbonyl (C=O) groups excluding carboxylic acids is 2. The first-order chi connectivity index (χ1) is 25.7. The fraction of sp³-hybridized carbons (Fsp3) is 0.233. The number of ether oxygens (including phenoxy) is 3. The number of anilines is 4. The molecule has 0 bridgehead atoms. The van der Waals surface area contributed by atoms with Gasteiger partial charge in [0, 0.05) is 55.4 Å². The normalized spacial score (nSPS) is 18.0. The summed E-state index contributed by atoms with van der Waals surface area (Å²) in [7, 11) is 3.59. The summed E-state index contributed by atoms with van der Waals surface area (Å²) in [6.07, 6.45) is 3.40. The van der Waals surface area contributed by atoms with Gasteiger partial charge in [-0.3, -0.25) is 19.5 Å². The summed E-state index contributed by atoms with van der Waals surface area (Å²) in [5.41, 5.74) is 16.3. The number of nitrogens with zero attached hydrogens (tertiary/aromatic N) is 4. The molecule has 4 aliphatic rings. The molecule has 0 aromatic heterocycles. The Bertz CT molecular complexity index is 2350. The van der Waals surface area contributed by atoms with Crippen molar-refractivity contribution in [1.29, 1.82) is 0 Å². The number of fused-ring (bicyclic) bond motifs is 8. The van der Waals surface area contributed by atoms with Crippen LogP contribution in [0.2, 0.25) is 0 Å². The van der Waals surface area contributed by atoms with Gasteiger partial charge >= 0.3 is 0 Å². The average Bonchev–Trinajstić information content (AvgIpc) is 3.65. The minimum Gasteiger partial charge on any atom is -0.493 e. The standard InChI is InChI=1S/C43H39N5O5/c1-25-12-34-38(46(2)22-32-17-29-9-5-7-11-37(29)48(32)43(34)50)20-39(25)52-23-26-13-27(15-30(44)14-26)24-53-41-19-35-33(18-40(41)51-3)42(49)47-31(21-45-35)16-28-8-4-6-10-36(28)47/h4-15,18-21,31-32H,16-17,22-24,44H2,1-3H3/t31-,32-/m0/s1. The van der Waals surface area contributed by atoms with E-state index in [1.807, 2.05) is 96.7 Å². The van der Waals surface area contributed by atoms with Gasteiger partial charge in [-0.05, 0) is 83.6 Å². The first-order valence-electron chi connectivity index (χ1n) is 17.8. The van der Waals surface area contributed by atoms with Gasteiger partial charge in [-0.2, -0.15) is 0 Å². The maximum Gasteiger partial charge on any atom is 0.261 e. The Morgan fingerprint density at radius 1 is 0.736 bits per heavy atom. The molecule has 2 atom stereocenters. The van der Waals surface area contributed by atoms with E-state index in [1.54, 1.807) is 19.2 Å². The second kappa shape index (κ2) is 12.7. The number of hydrogen-bond donors (Lipinski definition) is 1. The molecular weight excluding hydrogens is 667 g/mol. The van der Waals surface area contributed by atoms with Gasteiger partial charge in [-0.25, -0.2) is 0 Å². The zero-order valence-electron chi connectivity index (χ0n) is 29.8. The molecule has 0 saturated carbocycles. The predicted molar refractivity (Wildman–Crippen MR) is 207 cm³/mol. The highest BCUT2D eigenvalue weighted by atomic mass is 16.5. The summed E-state index contributed by atoms with van der Waals surface area (Å²) in [5, 5.41) is 0. The molecule has 53 heavy (non-hydrogen) atoms. The van der Waals surface area contributed by atoms with Gasteiger partial charge in [0.05, 0.1) is 41.7 Å². The first kappa shape index (κ1) is 32.6. The Kier molecular flexibility index (Phi) is 7.83. The topological polar surface area (TPSA) is 110 Å². The molecule has 0 saturated heterocycles. The fourth-order valence-electron chi connectivity index (χ4n) is 8.21. The second-order valence-electron chi connectivity index (χ2n) is 14.2. The minimum atomic E-state index is -0.149. The van der Waals surface area contributed by atoms with E-state index in [0.717, 1.165) is 58.7 Å². The Balaban J connectivity index is 0.919. The van der Waals surface area contributed by atoms with Crippen LogP contribution in [-0.4, -0.2) is 50.8 Å². The van der Waals surface area contributed by atoms with Crippen LogP contribution in [0.1, 0.15) is 48.5 Å². The van der Waals surface area contributed by atoms with E-state index >= 15 is 0 Å². The Labute approximate surface area is 308 Å². The van der Waals surface area contributed by atoms with Crippen LogP contribution < -0.4 is 34.6 Å². The van der Waals surface area contributed by atoms with Crippen LogP contribution in [0.25, 0.3) is 0 Å². The zero-order chi connectivity index (χ0) is 36.4. The van der Waals surface area contributed by atoms with Gasteiger partial charge in [0.15, 0.2) is 11.5 Å². The molecule has 2 N–H and O–H groups in total. The third-order valence-corrected chi connectivity index (χ3v) is 10.7. The Hall–Kier alpha value is -6.29. The number of hydrogen-bond acceptors (Lipinski definition) is 8.